The summed E-state index contributed by atoms with van der Waals surface area (Å²) in [5.74, 6) is -0.525. The predicted molar refractivity (Wildman–Crippen MR) is 94.3 cm³/mol. The number of hydrogen-bond donors (Lipinski definition) is 2. The van der Waals surface area contributed by atoms with Gasteiger partial charge in [0.25, 0.3) is 5.56 Å². The number of fused-ring (bicyclic) bond motifs is 1. The first-order chi connectivity index (χ1) is 11.9. The highest BCUT2D eigenvalue weighted by atomic mass is 79.9. The molecule has 0 aliphatic rings. The zero-order valence-corrected chi connectivity index (χ0v) is 13.9. The molecule has 0 radical (unpaired) electrons. The number of H-pyrrole nitrogens is 1. The summed E-state index contributed by atoms with van der Waals surface area (Å²) < 4.78 is 0.706. The van der Waals surface area contributed by atoms with Crippen molar-refractivity contribution < 1.29 is 10.0 Å². The molecule has 0 fully saturated rings. The zero-order chi connectivity index (χ0) is 18.1. The molecular formula is C15H9BrN4O5. The molecule has 0 amide bonds. The summed E-state index contributed by atoms with van der Waals surface area (Å²) in [5.41, 5.74) is -1.30. The van der Waals surface area contributed by atoms with Gasteiger partial charge in [0.2, 0.25) is 5.75 Å². The Labute approximate surface area is 147 Å². The molecule has 0 unspecified atom stereocenters. The molecule has 0 spiro atoms. The lowest BCUT2D eigenvalue weighted by Gasteiger charge is -2.02. The average molecular weight is 405 g/mol. The van der Waals surface area contributed by atoms with E-state index in [-0.39, 0.29) is 15.4 Å². The van der Waals surface area contributed by atoms with Crippen LogP contribution in [-0.2, 0) is 0 Å². The van der Waals surface area contributed by atoms with Gasteiger partial charge in [-0.15, -0.1) is 4.68 Å². The molecule has 25 heavy (non-hydrogen) atoms. The van der Waals surface area contributed by atoms with Gasteiger partial charge >= 0.3 is 11.4 Å². The molecule has 0 saturated heterocycles. The molecule has 0 atom stereocenters. The van der Waals surface area contributed by atoms with Gasteiger partial charge in [0.15, 0.2) is 0 Å². The van der Waals surface area contributed by atoms with Crippen LogP contribution in [0.4, 0.5) is 5.69 Å². The molecule has 3 aromatic rings. The first kappa shape index (κ1) is 16.6. The van der Waals surface area contributed by atoms with Gasteiger partial charge in [-0.25, -0.2) is 4.79 Å². The number of aromatic amines is 1. The molecule has 1 heterocycles. The summed E-state index contributed by atoms with van der Waals surface area (Å²) in [7, 11) is 0. The van der Waals surface area contributed by atoms with Crippen molar-refractivity contribution in [2.24, 2.45) is 5.10 Å². The summed E-state index contributed by atoms with van der Waals surface area (Å²) in [5, 5.41) is 24.6. The highest BCUT2D eigenvalue weighted by Crippen LogP contribution is 2.34. The average Bonchev–Trinajstić information content (AvgIpc) is 2.57. The first-order valence-corrected chi connectivity index (χ1v) is 7.63. The number of rotatable bonds is 3. The molecule has 10 heteroatoms. The van der Waals surface area contributed by atoms with Crippen LogP contribution in [0.15, 0.2) is 55.6 Å². The van der Waals surface area contributed by atoms with Gasteiger partial charge in [-0.1, -0.05) is 12.1 Å². The van der Waals surface area contributed by atoms with E-state index in [1.807, 2.05) is 0 Å². The fourth-order valence-electron chi connectivity index (χ4n) is 2.20. The van der Waals surface area contributed by atoms with E-state index in [1.165, 1.54) is 6.07 Å². The SMILES string of the molecule is O=c1[nH]c2ccccc2c(=O)n1/N=C/c1cc(Br)c(O)c([N+](=O)[O-])c1. The zero-order valence-electron chi connectivity index (χ0n) is 12.3. The van der Waals surface area contributed by atoms with Crippen LogP contribution in [0.1, 0.15) is 5.56 Å². The topological polar surface area (TPSA) is 131 Å². The van der Waals surface area contributed by atoms with Crippen LogP contribution in [0, 0.1) is 10.1 Å². The number of aromatic nitrogens is 2. The lowest BCUT2D eigenvalue weighted by Crippen LogP contribution is -2.32. The van der Waals surface area contributed by atoms with Gasteiger partial charge in [0.1, 0.15) is 0 Å². The van der Waals surface area contributed by atoms with Crippen molar-refractivity contribution in [2.75, 3.05) is 0 Å². The number of nitro groups is 1. The predicted octanol–water partition coefficient (Wildman–Crippen LogP) is 1.95. The Morgan fingerprint density at radius 1 is 1.28 bits per heavy atom. The summed E-state index contributed by atoms with van der Waals surface area (Å²) in [6, 6.07) is 8.90. The monoisotopic (exact) mass is 404 g/mol. The van der Waals surface area contributed by atoms with E-state index in [9.17, 15) is 24.8 Å². The van der Waals surface area contributed by atoms with Crippen molar-refractivity contribution in [1.82, 2.24) is 9.66 Å². The number of para-hydroxylation sites is 1. The van der Waals surface area contributed by atoms with Crippen LogP contribution in [0.3, 0.4) is 0 Å². The number of nitrogens with zero attached hydrogens (tertiary/aromatic N) is 3. The van der Waals surface area contributed by atoms with Crippen molar-refractivity contribution in [3.63, 3.8) is 0 Å². The van der Waals surface area contributed by atoms with Gasteiger partial charge in [-0.3, -0.25) is 14.9 Å². The third kappa shape index (κ3) is 3.06. The number of aromatic hydroxyl groups is 1. The molecule has 0 aliphatic carbocycles. The number of hydrogen-bond acceptors (Lipinski definition) is 6. The molecule has 3 rings (SSSR count). The molecule has 9 nitrogen and oxygen atoms in total. The number of nitrogens with one attached hydrogen (secondary N) is 1. The third-order valence-electron chi connectivity index (χ3n) is 3.37. The lowest BCUT2D eigenvalue weighted by atomic mass is 10.2. The van der Waals surface area contributed by atoms with Crippen LogP contribution in [0.5, 0.6) is 5.75 Å². The van der Waals surface area contributed by atoms with Gasteiger partial charge in [-0.05, 0) is 34.1 Å². The Morgan fingerprint density at radius 2 is 2.00 bits per heavy atom. The van der Waals surface area contributed by atoms with Crippen molar-refractivity contribution >= 4 is 38.7 Å². The number of phenolic OH excluding ortho intramolecular Hbond substituents is 1. The van der Waals surface area contributed by atoms with Crippen LogP contribution < -0.4 is 11.2 Å². The van der Waals surface area contributed by atoms with E-state index in [0.717, 1.165) is 12.3 Å². The highest BCUT2D eigenvalue weighted by Gasteiger charge is 2.17. The van der Waals surface area contributed by atoms with Crippen LogP contribution in [0.2, 0.25) is 0 Å². The van der Waals surface area contributed by atoms with Crippen molar-refractivity contribution in [2.45, 2.75) is 0 Å². The Kier molecular flexibility index (Phi) is 4.19. The molecule has 0 aliphatic heterocycles. The van der Waals surface area contributed by atoms with Gasteiger partial charge in [0.05, 0.1) is 26.5 Å². The molecule has 2 aromatic carbocycles. The van der Waals surface area contributed by atoms with E-state index >= 15 is 0 Å². The smallest absolute Gasteiger partial charge is 0.349 e. The Hall–Kier alpha value is -3.27. The normalized spacial score (nSPS) is 11.2. The standard InChI is InChI=1S/C15H9BrN4O5/c16-10-5-8(6-12(13(10)21)20(24)25)7-17-19-14(22)9-3-1-2-4-11(9)18-15(19)23/h1-7,21H,(H,18,23)/b17-7+. The molecule has 126 valence electrons. The van der Waals surface area contributed by atoms with Crippen molar-refractivity contribution in [3.8, 4) is 5.75 Å². The van der Waals surface area contributed by atoms with Gasteiger partial charge in [-0.2, -0.15) is 5.10 Å². The second-order valence-corrected chi connectivity index (χ2v) is 5.82. The number of phenols is 1. The quantitative estimate of drug-likeness (QED) is 0.391. The summed E-state index contributed by atoms with van der Waals surface area (Å²) in [6.07, 6.45) is 1.11. The highest BCUT2D eigenvalue weighted by molar-refractivity contribution is 9.10. The largest absolute Gasteiger partial charge is 0.501 e. The fraction of sp³-hybridized carbons (Fsp3) is 0. The Bertz CT molecular complexity index is 1150. The molecule has 0 bridgehead atoms. The molecular weight excluding hydrogens is 396 g/mol. The van der Waals surface area contributed by atoms with Crippen LogP contribution in [-0.4, -0.2) is 25.9 Å². The van der Waals surface area contributed by atoms with Crippen molar-refractivity contribution in [1.29, 1.82) is 0 Å². The second kappa shape index (κ2) is 6.32. The lowest BCUT2D eigenvalue weighted by molar-refractivity contribution is -0.386. The van der Waals surface area contributed by atoms with E-state index in [1.54, 1.807) is 24.3 Å². The number of halogens is 1. The molecule has 0 saturated carbocycles. The number of benzene rings is 2. The Morgan fingerprint density at radius 3 is 2.72 bits per heavy atom. The van der Waals surface area contributed by atoms with Gasteiger partial charge in [0, 0.05) is 11.6 Å². The van der Waals surface area contributed by atoms with Gasteiger partial charge < -0.3 is 10.1 Å². The van der Waals surface area contributed by atoms with E-state index < -0.39 is 27.6 Å². The van der Waals surface area contributed by atoms with E-state index in [2.05, 4.69) is 26.0 Å². The first-order valence-electron chi connectivity index (χ1n) is 6.84. The second-order valence-electron chi connectivity index (χ2n) is 4.96. The van der Waals surface area contributed by atoms with E-state index in [0.29, 0.717) is 10.2 Å². The molecule has 1 aromatic heterocycles. The minimum absolute atomic E-state index is 0.0860. The maximum atomic E-state index is 12.3. The minimum Gasteiger partial charge on any atom is -0.501 e. The summed E-state index contributed by atoms with van der Waals surface area (Å²) in [4.78, 5) is 37.0. The third-order valence-corrected chi connectivity index (χ3v) is 3.97. The summed E-state index contributed by atoms with van der Waals surface area (Å²) >= 11 is 3.00. The Balaban J connectivity index is 2.12. The number of nitro benzene ring substituents is 1. The van der Waals surface area contributed by atoms with E-state index in [4.69, 9.17) is 0 Å². The maximum absolute atomic E-state index is 12.3. The van der Waals surface area contributed by atoms with Crippen LogP contribution in [0.25, 0.3) is 10.9 Å². The molecule has 2 N–H and O–H groups in total. The fourth-order valence-corrected chi connectivity index (χ4v) is 2.67. The van der Waals surface area contributed by atoms with Crippen LogP contribution >= 0.6 is 15.9 Å². The maximum Gasteiger partial charge on any atom is 0.349 e. The summed E-state index contributed by atoms with van der Waals surface area (Å²) in [6.45, 7) is 0. The minimum atomic E-state index is -0.758. The van der Waals surface area contributed by atoms with Crippen molar-refractivity contribution in [3.05, 3.63) is 77.4 Å².